The molecule has 1 radical (unpaired) electrons. The van der Waals surface area contributed by atoms with Gasteiger partial charge in [-0.1, -0.05) is 6.92 Å². The highest BCUT2D eigenvalue weighted by molar-refractivity contribution is 4.91. The molecule has 1 rings (SSSR count). The zero-order chi connectivity index (χ0) is 5.11. The average Bonchev–Trinajstić information content (AvgIpc) is 2.14. The molecule has 37 valence electrons. The van der Waals surface area contributed by atoms with Gasteiger partial charge in [0.15, 0.2) is 5.89 Å². The maximum Gasteiger partial charge on any atom is 0.197 e. The molecule has 0 saturated heterocycles. The molecule has 0 fully saturated rings. The predicted molar refractivity (Wildman–Crippen MR) is 25.6 cm³/mol. The number of hydrogen-bond acceptors (Lipinski definition) is 2. The molecule has 0 amide bonds. The normalized spacial score (nSPS) is 9.29. The first kappa shape index (κ1) is 4.37. The molecule has 0 aliphatic carbocycles. The molecular formula is C5H6NO. The SMILES string of the molecule is C[CH]c1ncco1. The van der Waals surface area contributed by atoms with Crippen molar-refractivity contribution < 1.29 is 4.42 Å². The van der Waals surface area contributed by atoms with Crippen LogP contribution in [0.25, 0.3) is 0 Å². The molecule has 1 aromatic rings. The van der Waals surface area contributed by atoms with Gasteiger partial charge in [-0.15, -0.1) is 0 Å². The molecule has 0 N–H and O–H groups in total. The van der Waals surface area contributed by atoms with Crippen molar-refractivity contribution in [3.05, 3.63) is 24.8 Å². The summed E-state index contributed by atoms with van der Waals surface area (Å²) in [7, 11) is 0. The molecule has 0 atom stereocenters. The molecule has 2 heteroatoms. The van der Waals surface area contributed by atoms with Crippen LogP contribution in [0.2, 0.25) is 0 Å². The van der Waals surface area contributed by atoms with Crippen molar-refractivity contribution in [3.63, 3.8) is 0 Å². The highest BCUT2D eigenvalue weighted by Gasteiger charge is 1.86. The average molecular weight is 96.1 g/mol. The molecule has 0 spiro atoms. The molecule has 0 aliphatic rings. The van der Waals surface area contributed by atoms with Crippen LogP contribution in [0.5, 0.6) is 0 Å². The van der Waals surface area contributed by atoms with E-state index in [4.69, 9.17) is 4.42 Å². The van der Waals surface area contributed by atoms with Gasteiger partial charge in [0, 0.05) is 6.42 Å². The molecule has 0 aliphatic heterocycles. The Kier molecular flexibility index (Phi) is 1.11. The summed E-state index contributed by atoms with van der Waals surface area (Å²) in [6.45, 7) is 1.88. The van der Waals surface area contributed by atoms with Crippen molar-refractivity contribution in [2.45, 2.75) is 6.92 Å². The molecule has 0 saturated carbocycles. The van der Waals surface area contributed by atoms with Gasteiger partial charge in [0.1, 0.15) is 6.26 Å². The highest BCUT2D eigenvalue weighted by Crippen LogP contribution is 1.94. The van der Waals surface area contributed by atoms with Crippen LogP contribution in [0.4, 0.5) is 0 Å². The van der Waals surface area contributed by atoms with Crippen LogP contribution >= 0.6 is 0 Å². The fraction of sp³-hybridized carbons (Fsp3) is 0.200. The first-order valence-corrected chi connectivity index (χ1v) is 2.12. The second kappa shape index (κ2) is 1.78. The summed E-state index contributed by atoms with van der Waals surface area (Å²) in [4.78, 5) is 3.81. The summed E-state index contributed by atoms with van der Waals surface area (Å²) in [6, 6.07) is 0. The van der Waals surface area contributed by atoms with Crippen molar-refractivity contribution in [1.82, 2.24) is 4.98 Å². The maximum absolute atomic E-state index is 4.82. The standard InChI is InChI=1S/C5H6NO/c1-2-5-6-3-4-7-5/h2-4H,1H3. The lowest BCUT2D eigenvalue weighted by Crippen LogP contribution is -1.70. The summed E-state index contributed by atoms with van der Waals surface area (Å²) in [6.07, 6.45) is 4.98. The Morgan fingerprint density at radius 2 is 2.71 bits per heavy atom. The van der Waals surface area contributed by atoms with E-state index in [1.807, 2.05) is 6.92 Å². The first-order chi connectivity index (χ1) is 3.43. The number of aromatic nitrogens is 1. The Balaban J connectivity index is 2.76. The number of rotatable bonds is 1. The molecule has 0 unspecified atom stereocenters. The molecular weight excluding hydrogens is 90.1 g/mol. The highest BCUT2D eigenvalue weighted by atomic mass is 16.3. The van der Waals surface area contributed by atoms with E-state index in [1.54, 1.807) is 18.9 Å². The van der Waals surface area contributed by atoms with Crippen LogP contribution in [-0.4, -0.2) is 4.98 Å². The van der Waals surface area contributed by atoms with Gasteiger partial charge in [0.25, 0.3) is 0 Å². The van der Waals surface area contributed by atoms with Crippen molar-refractivity contribution in [3.8, 4) is 0 Å². The third kappa shape index (κ3) is 0.796. The Labute approximate surface area is 42.2 Å². The van der Waals surface area contributed by atoms with Gasteiger partial charge < -0.3 is 4.42 Å². The molecule has 1 heterocycles. The minimum absolute atomic E-state index is 0.681. The smallest absolute Gasteiger partial charge is 0.197 e. The van der Waals surface area contributed by atoms with Gasteiger partial charge >= 0.3 is 0 Å². The van der Waals surface area contributed by atoms with Crippen molar-refractivity contribution >= 4 is 0 Å². The van der Waals surface area contributed by atoms with E-state index < -0.39 is 0 Å². The van der Waals surface area contributed by atoms with E-state index in [2.05, 4.69) is 4.98 Å². The van der Waals surface area contributed by atoms with Gasteiger partial charge in [-0.25, -0.2) is 4.98 Å². The van der Waals surface area contributed by atoms with Crippen LogP contribution in [0.1, 0.15) is 12.8 Å². The molecule has 7 heavy (non-hydrogen) atoms. The fourth-order valence-corrected chi connectivity index (χ4v) is 0.377. The van der Waals surface area contributed by atoms with Crippen LogP contribution in [0.3, 0.4) is 0 Å². The van der Waals surface area contributed by atoms with Gasteiger partial charge in [-0.2, -0.15) is 0 Å². The summed E-state index contributed by atoms with van der Waals surface area (Å²) >= 11 is 0. The molecule has 1 aromatic heterocycles. The summed E-state index contributed by atoms with van der Waals surface area (Å²) < 4.78 is 4.82. The second-order valence-corrected chi connectivity index (χ2v) is 1.16. The number of nitrogens with zero attached hydrogens (tertiary/aromatic N) is 1. The van der Waals surface area contributed by atoms with Gasteiger partial charge in [0.05, 0.1) is 6.20 Å². The number of oxazole rings is 1. The lowest BCUT2D eigenvalue weighted by Gasteiger charge is -1.76. The van der Waals surface area contributed by atoms with Gasteiger partial charge in [-0.3, -0.25) is 0 Å². The Morgan fingerprint density at radius 3 is 3.00 bits per heavy atom. The Bertz CT molecular complexity index is 123. The number of hydrogen-bond donors (Lipinski definition) is 0. The van der Waals surface area contributed by atoms with Crippen molar-refractivity contribution in [2.75, 3.05) is 0 Å². The van der Waals surface area contributed by atoms with Crippen LogP contribution in [-0.2, 0) is 0 Å². The molecule has 0 bridgehead atoms. The van der Waals surface area contributed by atoms with Crippen LogP contribution in [0, 0.1) is 6.42 Å². The second-order valence-electron chi connectivity index (χ2n) is 1.16. The summed E-state index contributed by atoms with van der Waals surface area (Å²) in [5.74, 6) is 0.681. The van der Waals surface area contributed by atoms with Crippen LogP contribution in [0.15, 0.2) is 16.9 Å². The van der Waals surface area contributed by atoms with Gasteiger partial charge in [-0.05, 0) is 0 Å². The Morgan fingerprint density at radius 1 is 1.86 bits per heavy atom. The zero-order valence-corrected chi connectivity index (χ0v) is 4.09. The topological polar surface area (TPSA) is 26.0 Å². The molecule has 0 aromatic carbocycles. The van der Waals surface area contributed by atoms with E-state index in [0.29, 0.717) is 5.89 Å². The Hall–Kier alpha value is -0.790. The fourth-order valence-electron chi connectivity index (χ4n) is 0.377. The van der Waals surface area contributed by atoms with E-state index >= 15 is 0 Å². The van der Waals surface area contributed by atoms with Crippen molar-refractivity contribution in [2.24, 2.45) is 0 Å². The third-order valence-corrected chi connectivity index (χ3v) is 0.698. The first-order valence-electron chi connectivity index (χ1n) is 2.12. The van der Waals surface area contributed by atoms with E-state index in [9.17, 15) is 0 Å². The quantitative estimate of drug-likeness (QED) is 0.525. The summed E-state index contributed by atoms with van der Waals surface area (Å²) in [5.41, 5.74) is 0. The maximum atomic E-state index is 4.82. The molecule has 2 nitrogen and oxygen atoms in total. The largest absolute Gasteiger partial charge is 0.449 e. The monoisotopic (exact) mass is 96.0 g/mol. The minimum atomic E-state index is 0.681. The van der Waals surface area contributed by atoms with E-state index in [-0.39, 0.29) is 0 Å². The predicted octanol–water partition coefficient (Wildman–Crippen LogP) is 1.25. The van der Waals surface area contributed by atoms with Gasteiger partial charge in [0.2, 0.25) is 0 Å². The van der Waals surface area contributed by atoms with E-state index in [1.165, 1.54) is 0 Å². The minimum Gasteiger partial charge on any atom is -0.449 e. The third-order valence-electron chi connectivity index (χ3n) is 0.698. The lowest BCUT2D eigenvalue weighted by molar-refractivity contribution is 0.528. The van der Waals surface area contributed by atoms with Crippen LogP contribution < -0.4 is 0 Å². The lowest BCUT2D eigenvalue weighted by atomic mass is 10.5. The van der Waals surface area contributed by atoms with Crippen molar-refractivity contribution in [1.29, 1.82) is 0 Å². The van der Waals surface area contributed by atoms with E-state index in [0.717, 1.165) is 0 Å². The summed E-state index contributed by atoms with van der Waals surface area (Å²) in [5, 5.41) is 0. The zero-order valence-electron chi connectivity index (χ0n) is 4.09.